The molecule has 2 aromatic rings. The van der Waals surface area contributed by atoms with Crippen molar-refractivity contribution in [3.8, 4) is 5.69 Å². The van der Waals surface area contributed by atoms with Gasteiger partial charge < -0.3 is 11.1 Å². The number of aryl methyl sites for hydroxylation is 1. The maximum absolute atomic E-state index is 12.5. The fraction of sp³-hybridized carbons (Fsp3) is 0.444. The van der Waals surface area contributed by atoms with Crippen LogP contribution in [-0.2, 0) is 12.8 Å². The number of fused-ring (bicyclic) bond motifs is 1. The Morgan fingerprint density at radius 1 is 1.25 bits per heavy atom. The molecule has 1 heterocycles. The van der Waals surface area contributed by atoms with Crippen LogP contribution >= 0.6 is 12.4 Å². The molecule has 0 saturated carbocycles. The Hall–Kier alpha value is -1.85. The lowest BCUT2D eigenvalue weighted by molar-refractivity contribution is 0.0947. The van der Waals surface area contributed by atoms with E-state index < -0.39 is 0 Å². The highest BCUT2D eigenvalue weighted by atomic mass is 35.5. The zero-order valence-electron chi connectivity index (χ0n) is 14.0. The molecule has 6 heteroatoms. The highest BCUT2D eigenvalue weighted by molar-refractivity contribution is 5.94. The van der Waals surface area contributed by atoms with Gasteiger partial charge in [0.2, 0.25) is 0 Å². The lowest BCUT2D eigenvalue weighted by Gasteiger charge is -2.14. The standard InChI is InChI=1S/C18H24N4O.ClH/c1-13-7-9-14(10-8-13)22-16-6-3-2-5-15(16)17(21-22)18(23)20-12-4-11-19;/h7-10H,2-6,11-12,19H2,1H3,(H,20,23);1H. The molecule has 1 amide bonds. The zero-order valence-corrected chi connectivity index (χ0v) is 14.9. The first kappa shape index (κ1) is 18.5. The number of amides is 1. The summed E-state index contributed by atoms with van der Waals surface area (Å²) in [7, 11) is 0. The number of hydrogen-bond acceptors (Lipinski definition) is 3. The van der Waals surface area contributed by atoms with Crippen LogP contribution in [0.15, 0.2) is 24.3 Å². The van der Waals surface area contributed by atoms with Crippen molar-refractivity contribution in [3.63, 3.8) is 0 Å². The Bertz CT molecular complexity index is 694. The number of halogens is 1. The number of aromatic nitrogens is 2. The van der Waals surface area contributed by atoms with Gasteiger partial charge >= 0.3 is 0 Å². The SMILES string of the molecule is Cc1ccc(-n2nc(C(=O)NCCCN)c3c2CCCC3)cc1.Cl. The van der Waals surface area contributed by atoms with Gasteiger partial charge in [0.1, 0.15) is 0 Å². The monoisotopic (exact) mass is 348 g/mol. The first-order valence-corrected chi connectivity index (χ1v) is 8.37. The average Bonchev–Trinajstić information content (AvgIpc) is 2.95. The molecule has 1 aliphatic rings. The summed E-state index contributed by atoms with van der Waals surface area (Å²) in [6, 6.07) is 8.28. The summed E-state index contributed by atoms with van der Waals surface area (Å²) >= 11 is 0. The second-order valence-electron chi connectivity index (χ2n) is 6.13. The lowest BCUT2D eigenvalue weighted by atomic mass is 9.95. The van der Waals surface area contributed by atoms with Crippen molar-refractivity contribution in [2.45, 2.75) is 39.0 Å². The van der Waals surface area contributed by atoms with Crippen LogP contribution in [0.25, 0.3) is 5.69 Å². The number of nitrogens with one attached hydrogen (secondary N) is 1. The smallest absolute Gasteiger partial charge is 0.272 e. The van der Waals surface area contributed by atoms with Crippen LogP contribution in [0.4, 0.5) is 0 Å². The van der Waals surface area contributed by atoms with E-state index in [0.29, 0.717) is 18.8 Å². The Balaban J connectivity index is 0.00000208. The van der Waals surface area contributed by atoms with Crippen molar-refractivity contribution in [2.24, 2.45) is 5.73 Å². The van der Waals surface area contributed by atoms with Crippen LogP contribution < -0.4 is 11.1 Å². The zero-order chi connectivity index (χ0) is 16.2. The maximum atomic E-state index is 12.5. The summed E-state index contributed by atoms with van der Waals surface area (Å²) in [6.07, 6.45) is 4.97. The molecular formula is C18H25ClN4O. The highest BCUT2D eigenvalue weighted by Gasteiger charge is 2.25. The topological polar surface area (TPSA) is 72.9 Å². The molecule has 0 atom stereocenters. The summed E-state index contributed by atoms with van der Waals surface area (Å²) in [4.78, 5) is 12.5. The van der Waals surface area contributed by atoms with Gasteiger partial charge in [-0.3, -0.25) is 4.79 Å². The van der Waals surface area contributed by atoms with Crippen LogP contribution in [0.1, 0.15) is 46.6 Å². The summed E-state index contributed by atoms with van der Waals surface area (Å²) in [5, 5.41) is 7.57. The minimum atomic E-state index is -0.0811. The second-order valence-corrected chi connectivity index (χ2v) is 6.13. The molecule has 0 fully saturated rings. The first-order chi connectivity index (χ1) is 11.2. The molecule has 1 aliphatic carbocycles. The van der Waals surface area contributed by atoms with E-state index in [-0.39, 0.29) is 18.3 Å². The minimum absolute atomic E-state index is 0. The average molecular weight is 349 g/mol. The van der Waals surface area contributed by atoms with Gasteiger partial charge in [-0.15, -0.1) is 12.4 Å². The largest absolute Gasteiger partial charge is 0.351 e. The van der Waals surface area contributed by atoms with Gasteiger partial charge in [0.15, 0.2) is 5.69 Å². The number of hydrogen-bond donors (Lipinski definition) is 2. The molecule has 0 radical (unpaired) electrons. The third-order valence-electron chi connectivity index (χ3n) is 4.34. The van der Waals surface area contributed by atoms with E-state index in [1.165, 1.54) is 11.3 Å². The fourth-order valence-electron chi connectivity index (χ4n) is 3.07. The number of rotatable bonds is 5. The fourth-order valence-corrected chi connectivity index (χ4v) is 3.07. The first-order valence-electron chi connectivity index (χ1n) is 8.37. The molecule has 5 nitrogen and oxygen atoms in total. The van der Waals surface area contributed by atoms with Gasteiger partial charge in [0.05, 0.1) is 5.69 Å². The number of carbonyl (C=O) groups excluding carboxylic acids is 1. The van der Waals surface area contributed by atoms with Crippen LogP contribution in [0.5, 0.6) is 0 Å². The molecule has 130 valence electrons. The van der Waals surface area contributed by atoms with Crippen LogP contribution in [0, 0.1) is 6.92 Å². The number of nitrogens with two attached hydrogens (primary N) is 1. The Labute approximate surface area is 149 Å². The molecule has 3 rings (SSSR count). The van der Waals surface area contributed by atoms with Crippen molar-refractivity contribution < 1.29 is 4.79 Å². The van der Waals surface area contributed by atoms with Crippen LogP contribution in [-0.4, -0.2) is 28.8 Å². The number of benzene rings is 1. The Morgan fingerprint density at radius 3 is 2.67 bits per heavy atom. The molecular weight excluding hydrogens is 324 g/mol. The van der Waals surface area contributed by atoms with Gasteiger partial charge in [0.25, 0.3) is 5.91 Å². The van der Waals surface area contributed by atoms with E-state index in [4.69, 9.17) is 5.73 Å². The van der Waals surface area contributed by atoms with Crippen molar-refractivity contribution in [2.75, 3.05) is 13.1 Å². The molecule has 0 unspecified atom stereocenters. The summed E-state index contributed by atoms with van der Waals surface area (Å²) < 4.78 is 1.95. The Morgan fingerprint density at radius 2 is 1.96 bits per heavy atom. The van der Waals surface area contributed by atoms with Crippen molar-refractivity contribution in [1.82, 2.24) is 15.1 Å². The van der Waals surface area contributed by atoms with Gasteiger partial charge in [-0.1, -0.05) is 17.7 Å². The van der Waals surface area contributed by atoms with E-state index in [1.807, 2.05) is 4.68 Å². The normalized spacial score (nSPS) is 13.1. The van der Waals surface area contributed by atoms with Crippen molar-refractivity contribution in [1.29, 1.82) is 0 Å². The van der Waals surface area contributed by atoms with E-state index in [9.17, 15) is 4.79 Å². The quantitative estimate of drug-likeness (QED) is 0.815. The van der Waals surface area contributed by atoms with Crippen LogP contribution in [0.2, 0.25) is 0 Å². The minimum Gasteiger partial charge on any atom is -0.351 e. The van der Waals surface area contributed by atoms with E-state index in [2.05, 4.69) is 41.6 Å². The highest BCUT2D eigenvalue weighted by Crippen LogP contribution is 2.27. The number of nitrogens with zero attached hydrogens (tertiary/aromatic N) is 2. The summed E-state index contributed by atoms with van der Waals surface area (Å²) in [6.45, 7) is 3.25. The maximum Gasteiger partial charge on any atom is 0.272 e. The second kappa shape index (κ2) is 8.31. The van der Waals surface area contributed by atoms with Gasteiger partial charge in [-0.05, 0) is 57.7 Å². The molecule has 0 aliphatic heterocycles. The van der Waals surface area contributed by atoms with Crippen molar-refractivity contribution in [3.05, 3.63) is 46.8 Å². The van der Waals surface area contributed by atoms with Crippen molar-refractivity contribution >= 4 is 18.3 Å². The van der Waals surface area contributed by atoms with Gasteiger partial charge in [-0.2, -0.15) is 5.10 Å². The molecule has 3 N–H and O–H groups in total. The van der Waals surface area contributed by atoms with Gasteiger partial charge in [-0.25, -0.2) is 4.68 Å². The van der Waals surface area contributed by atoms with Gasteiger partial charge in [0, 0.05) is 17.8 Å². The summed E-state index contributed by atoms with van der Waals surface area (Å²) in [5.41, 5.74) is 10.6. The van der Waals surface area contributed by atoms with E-state index in [0.717, 1.165) is 43.4 Å². The Kier molecular flexibility index (Phi) is 6.40. The lowest BCUT2D eigenvalue weighted by Crippen LogP contribution is -2.27. The van der Waals surface area contributed by atoms with Crippen LogP contribution in [0.3, 0.4) is 0 Å². The van der Waals surface area contributed by atoms with E-state index in [1.54, 1.807) is 0 Å². The molecule has 0 bridgehead atoms. The number of carbonyl (C=O) groups is 1. The predicted molar refractivity (Wildman–Crippen MR) is 98.2 cm³/mol. The third-order valence-corrected chi connectivity index (χ3v) is 4.34. The van der Waals surface area contributed by atoms with E-state index >= 15 is 0 Å². The summed E-state index contributed by atoms with van der Waals surface area (Å²) in [5.74, 6) is -0.0811. The molecule has 1 aromatic carbocycles. The molecule has 1 aromatic heterocycles. The third kappa shape index (κ3) is 3.79. The molecule has 24 heavy (non-hydrogen) atoms. The molecule has 0 spiro atoms. The molecule has 0 saturated heterocycles. The predicted octanol–water partition coefficient (Wildman–Crippen LogP) is 2.56.